The van der Waals surface area contributed by atoms with E-state index in [0.717, 1.165) is 11.8 Å². The second-order valence-corrected chi connectivity index (χ2v) is 7.67. The molecule has 0 spiro atoms. The Balaban J connectivity index is 1.89. The van der Waals surface area contributed by atoms with E-state index in [1.165, 1.54) is 48.7 Å². The van der Waals surface area contributed by atoms with Gasteiger partial charge < -0.3 is 5.32 Å². The van der Waals surface area contributed by atoms with Gasteiger partial charge in [-0.3, -0.25) is 0 Å². The van der Waals surface area contributed by atoms with Crippen molar-refractivity contribution in [1.82, 2.24) is 5.32 Å². The molecule has 1 aliphatic carbocycles. The molecule has 2 heteroatoms. The Morgan fingerprint density at radius 2 is 2.00 bits per heavy atom. The standard InChI is InChI=1S/C19H27NS/c1-14(2)20-13-16-7-4-3-5-9-17(16)18-10-6-8-15-11-12-21-19(15)18/h6,8,10-12,14,16-17,20H,3-5,7,9,13H2,1-2H3. The largest absolute Gasteiger partial charge is 0.314 e. The molecule has 1 aromatic heterocycles. The van der Waals surface area contributed by atoms with Crippen molar-refractivity contribution in [3.8, 4) is 0 Å². The maximum atomic E-state index is 3.69. The van der Waals surface area contributed by atoms with E-state index in [4.69, 9.17) is 0 Å². The van der Waals surface area contributed by atoms with Gasteiger partial charge in [0.15, 0.2) is 0 Å². The summed E-state index contributed by atoms with van der Waals surface area (Å²) in [6.45, 7) is 5.68. The summed E-state index contributed by atoms with van der Waals surface area (Å²) in [4.78, 5) is 0. The molecule has 1 aromatic carbocycles. The molecule has 2 aromatic rings. The third-order valence-electron chi connectivity index (χ3n) is 4.86. The summed E-state index contributed by atoms with van der Waals surface area (Å²) in [5.41, 5.74) is 1.61. The Morgan fingerprint density at radius 1 is 1.14 bits per heavy atom. The molecule has 21 heavy (non-hydrogen) atoms. The van der Waals surface area contributed by atoms with E-state index in [0.29, 0.717) is 6.04 Å². The molecule has 1 N–H and O–H groups in total. The Labute approximate surface area is 132 Å². The SMILES string of the molecule is CC(C)NCC1CCCCCC1c1cccc2ccsc12. The van der Waals surface area contributed by atoms with Crippen LogP contribution >= 0.6 is 11.3 Å². The molecule has 0 amide bonds. The van der Waals surface area contributed by atoms with Crippen LogP contribution in [0.1, 0.15) is 57.4 Å². The van der Waals surface area contributed by atoms with Gasteiger partial charge in [0.2, 0.25) is 0 Å². The van der Waals surface area contributed by atoms with Crippen molar-refractivity contribution in [1.29, 1.82) is 0 Å². The lowest BCUT2D eigenvalue weighted by molar-refractivity contribution is 0.364. The van der Waals surface area contributed by atoms with Gasteiger partial charge in [-0.15, -0.1) is 11.3 Å². The molecule has 114 valence electrons. The summed E-state index contributed by atoms with van der Waals surface area (Å²) in [5.74, 6) is 1.53. The van der Waals surface area contributed by atoms with Crippen LogP contribution in [-0.4, -0.2) is 12.6 Å². The molecule has 0 bridgehead atoms. The van der Waals surface area contributed by atoms with Crippen LogP contribution < -0.4 is 5.32 Å². The Morgan fingerprint density at radius 3 is 2.86 bits per heavy atom. The minimum Gasteiger partial charge on any atom is -0.314 e. The Kier molecular flexibility index (Phi) is 4.97. The van der Waals surface area contributed by atoms with Gasteiger partial charge in [0, 0.05) is 10.7 Å². The van der Waals surface area contributed by atoms with Crippen molar-refractivity contribution < 1.29 is 0 Å². The molecule has 2 unspecified atom stereocenters. The van der Waals surface area contributed by atoms with Crippen molar-refractivity contribution >= 4 is 21.4 Å². The first-order valence-electron chi connectivity index (χ1n) is 8.45. The molecule has 1 heterocycles. The predicted molar refractivity (Wildman–Crippen MR) is 94.3 cm³/mol. The first-order valence-corrected chi connectivity index (χ1v) is 9.33. The summed E-state index contributed by atoms with van der Waals surface area (Å²) in [5, 5.41) is 7.36. The van der Waals surface area contributed by atoms with Gasteiger partial charge >= 0.3 is 0 Å². The predicted octanol–water partition coefficient (Wildman–Crippen LogP) is 5.56. The molecule has 1 nitrogen and oxygen atoms in total. The van der Waals surface area contributed by atoms with Crippen molar-refractivity contribution in [3.05, 3.63) is 35.2 Å². The Bertz CT molecular complexity index is 572. The van der Waals surface area contributed by atoms with Crippen LogP contribution in [0.2, 0.25) is 0 Å². The van der Waals surface area contributed by atoms with E-state index < -0.39 is 0 Å². The van der Waals surface area contributed by atoms with E-state index >= 15 is 0 Å². The number of rotatable bonds is 4. The summed E-state index contributed by atoms with van der Waals surface area (Å²) >= 11 is 1.92. The maximum absolute atomic E-state index is 3.69. The number of hydrogen-bond acceptors (Lipinski definition) is 2. The zero-order valence-electron chi connectivity index (χ0n) is 13.3. The van der Waals surface area contributed by atoms with Crippen LogP contribution in [0.15, 0.2) is 29.6 Å². The summed E-state index contributed by atoms with van der Waals surface area (Å²) in [6.07, 6.45) is 6.95. The third kappa shape index (κ3) is 3.49. The van der Waals surface area contributed by atoms with Gasteiger partial charge in [-0.05, 0) is 53.6 Å². The number of hydrogen-bond donors (Lipinski definition) is 1. The van der Waals surface area contributed by atoms with E-state index in [-0.39, 0.29) is 0 Å². The van der Waals surface area contributed by atoms with Crippen LogP contribution in [0.5, 0.6) is 0 Å². The fraction of sp³-hybridized carbons (Fsp3) is 0.579. The van der Waals surface area contributed by atoms with Crippen LogP contribution in [0.25, 0.3) is 10.1 Å². The van der Waals surface area contributed by atoms with Gasteiger partial charge in [0.1, 0.15) is 0 Å². The van der Waals surface area contributed by atoms with Gasteiger partial charge in [-0.25, -0.2) is 0 Å². The normalized spacial score (nSPS) is 23.6. The smallest absolute Gasteiger partial charge is 0.0377 e. The van der Waals surface area contributed by atoms with Gasteiger partial charge in [-0.2, -0.15) is 0 Å². The highest BCUT2D eigenvalue weighted by Gasteiger charge is 2.26. The van der Waals surface area contributed by atoms with E-state index in [1.807, 2.05) is 11.3 Å². The van der Waals surface area contributed by atoms with E-state index in [2.05, 4.69) is 48.8 Å². The summed E-state index contributed by atoms with van der Waals surface area (Å²) < 4.78 is 1.53. The molecule has 0 saturated heterocycles. The van der Waals surface area contributed by atoms with Crippen molar-refractivity contribution in [2.45, 2.75) is 57.9 Å². The molecule has 0 radical (unpaired) electrons. The highest BCUT2D eigenvalue weighted by molar-refractivity contribution is 7.17. The average Bonchev–Trinajstić information content (AvgIpc) is 2.83. The number of thiophene rings is 1. The first kappa shape index (κ1) is 15.1. The van der Waals surface area contributed by atoms with E-state index in [9.17, 15) is 0 Å². The van der Waals surface area contributed by atoms with Gasteiger partial charge in [0.05, 0.1) is 0 Å². The van der Waals surface area contributed by atoms with Gasteiger partial charge in [-0.1, -0.05) is 51.3 Å². The maximum Gasteiger partial charge on any atom is 0.0377 e. The third-order valence-corrected chi connectivity index (χ3v) is 5.84. The average molecular weight is 301 g/mol. The van der Waals surface area contributed by atoms with Crippen molar-refractivity contribution in [2.75, 3.05) is 6.54 Å². The lowest BCUT2D eigenvalue weighted by Gasteiger charge is -2.27. The topological polar surface area (TPSA) is 12.0 Å². The molecular weight excluding hydrogens is 274 g/mol. The quantitative estimate of drug-likeness (QED) is 0.729. The molecular formula is C19H27NS. The molecule has 1 aliphatic rings. The van der Waals surface area contributed by atoms with Crippen LogP contribution in [-0.2, 0) is 0 Å². The second-order valence-electron chi connectivity index (χ2n) is 6.75. The number of benzene rings is 1. The summed E-state index contributed by atoms with van der Waals surface area (Å²) in [6, 6.07) is 9.75. The molecule has 1 fully saturated rings. The Hall–Kier alpha value is -0.860. The fourth-order valence-corrected chi connectivity index (χ4v) is 4.71. The van der Waals surface area contributed by atoms with Crippen LogP contribution in [0.3, 0.4) is 0 Å². The lowest BCUT2D eigenvalue weighted by Crippen LogP contribution is -2.31. The van der Waals surface area contributed by atoms with Crippen LogP contribution in [0, 0.1) is 5.92 Å². The summed E-state index contributed by atoms with van der Waals surface area (Å²) in [7, 11) is 0. The molecule has 0 aliphatic heterocycles. The van der Waals surface area contributed by atoms with E-state index in [1.54, 1.807) is 5.56 Å². The lowest BCUT2D eigenvalue weighted by atomic mass is 9.82. The molecule has 1 saturated carbocycles. The zero-order valence-corrected chi connectivity index (χ0v) is 14.1. The van der Waals surface area contributed by atoms with Crippen molar-refractivity contribution in [3.63, 3.8) is 0 Å². The monoisotopic (exact) mass is 301 g/mol. The minimum atomic E-state index is 0.589. The minimum absolute atomic E-state index is 0.589. The number of nitrogens with one attached hydrogen (secondary N) is 1. The highest BCUT2D eigenvalue weighted by Crippen LogP contribution is 2.40. The number of fused-ring (bicyclic) bond motifs is 1. The van der Waals surface area contributed by atoms with Crippen molar-refractivity contribution in [2.24, 2.45) is 5.92 Å². The molecule has 2 atom stereocenters. The second kappa shape index (κ2) is 6.93. The zero-order chi connectivity index (χ0) is 14.7. The molecule has 3 rings (SSSR count). The highest BCUT2D eigenvalue weighted by atomic mass is 32.1. The fourth-order valence-electron chi connectivity index (χ4n) is 3.73. The van der Waals surface area contributed by atoms with Gasteiger partial charge in [0.25, 0.3) is 0 Å². The van der Waals surface area contributed by atoms with Crippen LogP contribution in [0.4, 0.5) is 0 Å². The first-order chi connectivity index (χ1) is 10.3.